The number of carbonyl (C=O) groups excluding carboxylic acids is 1. The second-order valence-corrected chi connectivity index (χ2v) is 8.91. The van der Waals surface area contributed by atoms with E-state index < -0.39 is 10.0 Å². The number of aromatic nitrogens is 1. The first kappa shape index (κ1) is 19.8. The first-order valence-electron chi connectivity index (χ1n) is 8.82. The number of nitrogens with zero attached hydrogens (tertiary/aromatic N) is 2. The van der Waals surface area contributed by atoms with E-state index >= 15 is 0 Å². The number of benzene rings is 1. The molecule has 0 atom stereocenters. The number of piperidine rings is 1. The van der Waals surface area contributed by atoms with Crippen molar-refractivity contribution in [1.82, 2.24) is 14.6 Å². The number of sulfonamides is 1. The molecule has 0 bridgehead atoms. The van der Waals surface area contributed by atoms with Gasteiger partial charge in [-0.15, -0.1) is 0 Å². The molecule has 0 aliphatic carbocycles. The highest BCUT2D eigenvalue weighted by atomic mass is 35.5. The van der Waals surface area contributed by atoms with Crippen molar-refractivity contribution in [3.8, 4) is 0 Å². The fourth-order valence-corrected chi connectivity index (χ4v) is 4.46. The SMILES string of the molecule is Cc1ccc(S(=O)(=O)NCC2CCN(C(=O)c3ccncc3)CC2)cc1Cl. The Kier molecular flexibility index (Phi) is 6.14. The Morgan fingerprint density at radius 2 is 1.89 bits per heavy atom. The Balaban J connectivity index is 1.53. The summed E-state index contributed by atoms with van der Waals surface area (Å²) in [6.45, 7) is 3.41. The molecule has 0 radical (unpaired) electrons. The van der Waals surface area contributed by atoms with Crippen LogP contribution in [0.2, 0.25) is 5.02 Å². The number of hydrogen-bond donors (Lipinski definition) is 1. The van der Waals surface area contributed by atoms with E-state index in [9.17, 15) is 13.2 Å². The van der Waals surface area contributed by atoms with Gasteiger partial charge in [0.1, 0.15) is 0 Å². The smallest absolute Gasteiger partial charge is 0.253 e. The topological polar surface area (TPSA) is 79.4 Å². The molecule has 8 heteroatoms. The molecule has 0 saturated carbocycles. The predicted octanol–water partition coefficient (Wildman–Crippen LogP) is 2.87. The lowest BCUT2D eigenvalue weighted by Crippen LogP contribution is -2.41. The minimum atomic E-state index is -3.59. The molecule has 144 valence electrons. The van der Waals surface area contributed by atoms with Gasteiger partial charge in [0, 0.05) is 42.6 Å². The number of nitrogens with one attached hydrogen (secondary N) is 1. The summed E-state index contributed by atoms with van der Waals surface area (Å²) >= 11 is 6.03. The minimum absolute atomic E-state index is 0.00859. The zero-order valence-electron chi connectivity index (χ0n) is 15.1. The second kappa shape index (κ2) is 8.37. The zero-order chi connectivity index (χ0) is 19.4. The molecular weight excluding hydrogens is 386 g/mol. The van der Waals surface area contributed by atoms with E-state index in [-0.39, 0.29) is 16.7 Å². The Bertz CT molecular complexity index is 911. The maximum atomic E-state index is 12.5. The van der Waals surface area contributed by atoms with E-state index in [1.807, 2.05) is 6.92 Å². The highest BCUT2D eigenvalue weighted by molar-refractivity contribution is 7.89. The molecule has 0 unspecified atom stereocenters. The third kappa shape index (κ3) is 4.86. The van der Waals surface area contributed by atoms with Gasteiger partial charge in [0.2, 0.25) is 10.0 Å². The molecule has 3 rings (SSSR count). The van der Waals surface area contributed by atoms with Crippen LogP contribution in [-0.4, -0.2) is 43.8 Å². The standard InChI is InChI=1S/C19H22ClN3O3S/c1-14-2-3-17(12-18(14)20)27(25,26)22-13-15-6-10-23(11-7-15)19(24)16-4-8-21-9-5-16/h2-5,8-9,12,15,22H,6-7,10-11,13H2,1H3. The lowest BCUT2D eigenvalue weighted by molar-refractivity contribution is 0.0692. The maximum absolute atomic E-state index is 12.5. The van der Waals surface area contributed by atoms with Gasteiger partial charge in [-0.05, 0) is 55.5 Å². The fraction of sp³-hybridized carbons (Fsp3) is 0.368. The van der Waals surface area contributed by atoms with Gasteiger partial charge >= 0.3 is 0 Å². The van der Waals surface area contributed by atoms with Crippen LogP contribution in [0.4, 0.5) is 0 Å². The van der Waals surface area contributed by atoms with Crippen molar-refractivity contribution >= 4 is 27.5 Å². The summed E-state index contributed by atoms with van der Waals surface area (Å²) in [4.78, 5) is 18.3. The lowest BCUT2D eigenvalue weighted by Gasteiger charge is -2.32. The number of carbonyl (C=O) groups is 1. The molecule has 2 heterocycles. The molecule has 1 aliphatic rings. The molecule has 1 aromatic heterocycles. The average Bonchev–Trinajstić information content (AvgIpc) is 2.69. The number of rotatable bonds is 5. The molecular formula is C19H22ClN3O3S. The largest absolute Gasteiger partial charge is 0.339 e. The van der Waals surface area contributed by atoms with Crippen LogP contribution >= 0.6 is 11.6 Å². The van der Waals surface area contributed by atoms with Crippen LogP contribution < -0.4 is 4.72 Å². The second-order valence-electron chi connectivity index (χ2n) is 6.73. The number of pyridine rings is 1. The van der Waals surface area contributed by atoms with Gasteiger partial charge in [0.05, 0.1) is 4.90 Å². The van der Waals surface area contributed by atoms with Crippen LogP contribution in [0.1, 0.15) is 28.8 Å². The number of likely N-dealkylation sites (tertiary alicyclic amines) is 1. The number of halogens is 1. The Morgan fingerprint density at radius 1 is 1.22 bits per heavy atom. The third-order valence-electron chi connectivity index (χ3n) is 4.84. The predicted molar refractivity (Wildman–Crippen MR) is 104 cm³/mol. The van der Waals surface area contributed by atoms with Crippen molar-refractivity contribution in [1.29, 1.82) is 0 Å². The first-order chi connectivity index (χ1) is 12.9. The van der Waals surface area contributed by atoms with Gasteiger partial charge in [0.15, 0.2) is 0 Å². The maximum Gasteiger partial charge on any atom is 0.253 e. The summed E-state index contributed by atoms with van der Waals surface area (Å²) in [6.07, 6.45) is 4.72. The van der Waals surface area contributed by atoms with Gasteiger partial charge in [0.25, 0.3) is 5.91 Å². The quantitative estimate of drug-likeness (QED) is 0.826. The third-order valence-corrected chi connectivity index (χ3v) is 6.67. The number of hydrogen-bond acceptors (Lipinski definition) is 4. The molecule has 2 aromatic rings. The van der Waals surface area contributed by atoms with Crippen LogP contribution in [0.5, 0.6) is 0 Å². The summed E-state index contributed by atoms with van der Waals surface area (Å²) in [6, 6.07) is 8.12. The minimum Gasteiger partial charge on any atom is -0.339 e. The van der Waals surface area contributed by atoms with Gasteiger partial charge < -0.3 is 4.90 Å². The monoisotopic (exact) mass is 407 g/mol. The number of amides is 1. The van der Waals surface area contributed by atoms with Crippen molar-refractivity contribution in [3.05, 3.63) is 58.9 Å². The van der Waals surface area contributed by atoms with Crippen molar-refractivity contribution in [2.24, 2.45) is 5.92 Å². The first-order valence-corrected chi connectivity index (χ1v) is 10.7. The van der Waals surface area contributed by atoms with Gasteiger partial charge in [-0.3, -0.25) is 9.78 Å². The summed E-state index contributed by atoms with van der Waals surface area (Å²) in [5.41, 5.74) is 1.46. The number of aryl methyl sites for hydroxylation is 1. The molecule has 6 nitrogen and oxygen atoms in total. The van der Waals surface area contributed by atoms with Crippen molar-refractivity contribution in [2.45, 2.75) is 24.7 Å². The Morgan fingerprint density at radius 3 is 2.52 bits per heavy atom. The summed E-state index contributed by atoms with van der Waals surface area (Å²) in [5.74, 6) is 0.188. The molecule has 1 aliphatic heterocycles. The molecule has 0 spiro atoms. The lowest BCUT2D eigenvalue weighted by atomic mass is 9.97. The van der Waals surface area contributed by atoms with E-state index in [1.54, 1.807) is 41.6 Å². The summed E-state index contributed by atoms with van der Waals surface area (Å²) in [5, 5.41) is 0.431. The Hall–Kier alpha value is -1.96. The molecule has 27 heavy (non-hydrogen) atoms. The molecule has 1 fully saturated rings. The van der Waals surface area contributed by atoms with Crippen molar-refractivity contribution < 1.29 is 13.2 Å². The van der Waals surface area contributed by atoms with Crippen LogP contribution in [-0.2, 0) is 10.0 Å². The van der Waals surface area contributed by atoms with E-state index in [0.29, 0.717) is 30.2 Å². The van der Waals surface area contributed by atoms with Crippen molar-refractivity contribution in [3.63, 3.8) is 0 Å². The van der Waals surface area contributed by atoms with Gasteiger partial charge in [-0.2, -0.15) is 0 Å². The molecule has 1 saturated heterocycles. The van der Waals surface area contributed by atoms with Crippen LogP contribution in [0, 0.1) is 12.8 Å². The van der Waals surface area contributed by atoms with Crippen LogP contribution in [0.25, 0.3) is 0 Å². The summed E-state index contributed by atoms with van der Waals surface area (Å²) < 4.78 is 27.6. The van der Waals surface area contributed by atoms with E-state index in [2.05, 4.69) is 9.71 Å². The Labute approximate surface area is 164 Å². The fourth-order valence-electron chi connectivity index (χ4n) is 3.07. The van der Waals surface area contributed by atoms with E-state index in [4.69, 9.17) is 11.6 Å². The summed E-state index contributed by atoms with van der Waals surface area (Å²) in [7, 11) is -3.59. The van der Waals surface area contributed by atoms with Crippen molar-refractivity contribution in [2.75, 3.05) is 19.6 Å². The van der Waals surface area contributed by atoms with Crippen LogP contribution in [0.15, 0.2) is 47.6 Å². The zero-order valence-corrected chi connectivity index (χ0v) is 16.6. The van der Waals surface area contributed by atoms with Crippen LogP contribution in [0.3, 0.4) is 0 Å². The average molecular weight is 408 g/mol. The van der Waals surface area contributed by atoms with Gasteiger partial charge in [-0.1, -0.05) is 17.7 Å². The van der Waals surface area contributed by atoms with Gasteiger partial charge in [-0.25, -0.2) is 13.1 Å². The van der Waals surface area contributed by atoms with E-state index in [0.717, 1.165) is 18.4 Å². The highest BCUT2D eigenvalue weighted by Gasteiger charge is 2.25. The normalized spacial score (nSPS) is 15.7. The van der Waals surface area contributed by atoms with E-state index in [1.165, 1.54) is 6.07 Å². The highest BCUT2D eigenvalue weighted by Crippen LogP contribution is 2.22. The molecule has 1 N–H and O–H groups in total. The molecule has 1 aromatic carbocycles. The molecule has 1 amide bonds.